The van der Waals surface area contributed by atoms with Gasteiger partial charge >= 0.3 is 0 Å². The first-order chi connectivity index (χ1) is 9.22. The molecular weight excluding hydrogens is 274 g/mol. The van der Waals surface area contributed by atoms with Gasteiger partial charge in [0.15, 0.2) is 0 Å². The van der Waals surface area contributed by atoms with Gasteiger partial charge in [-0.2, -0.15) is 0 Å². The summed E-state index contributed by atoms with van der Waals surface area (Å²) in [6, 6.07) is 13.2. The lowest BCUT2D eigenvalue weighted by Gasteiger charge is -2.18. The second-order valence-corrected chi connectivity index (χ2v) is 7.07. The lowest BCUT2D eigenvalue weighted by molar-refractivity contribution is 0.483. The van der Waals surface area contributed by atoms with Gasteiger partial charge in [-0.15, -0.1) is 11.3 Å². The van der Waals surface area contributed by atoms with Crippen LogP contribution in [0.4, 0.5) is 0 Å². The van der Waals surface area contributed by atoms with Crippen molar-refractivity contribution in [1.29, 1.82) is 0 Å². The van der Waals surface area contributed by atoms with E-state index in [9.17, 15) is 0 Å². The molecule has 1 atom stereocenters. The number of benzene rings is 1. The molecule has 100 valence electrons. The monoisotopic (exact) mass is 291 g/mol. The fourth-order valence-electron chi connectivity index (χ4n) is 2.45. The minimum absolute atomic E-state index is 0.472. The van der Waals surface area contributed by atoms with E-state index in [0.717, 1.165) is 17.5 Å². The van der Waals surface area contributed by atoms with Crippen LogP contribution in [0.1, 0.15) is 34.2 Å². The molecule has 1 aliphatic carbocycles. The maximum atomic E-state index is 5.97. The quantitative estimate of drug-likeness (QED) is 0.822. The van der Waals surface area contributed by atoms with Gasteiger partial charge in [-0.1, -0.05) is 23.7 Å². The molecule has 3 heteroatoms. The van der Waals surface area contributed by atoms with Crippen LogP contribution in [0.15, 0.2) is 36.4 Å². The number of thiophene rings is 1. The normalized spacial score (nSPS) is 16.5. The first-order valence-corrected chi connectivity index (χ1v) is 7.96. The smallest absolute Gasteiger partial charge is 0.0406 e. The third-order valence-electron chi connectivity index (χ3n) is 3.61. The zero-order valence-electron chi connectivity index (χ0n) is 11.0. The molecule has 1 aromatic heterocycles. The molecule has 0 bridgehead atoms. The van der Waals surface area contributed by atoms with Crippen LogP contribution in [-0.4, -0.2) is 0 Å². The van der Waals surface area contributed by atoms with Gasteiger partial charge in [0.25, 0.3) is 0 Å². The second-order valence-electron chi connectivity index (χ2n) is 5.26. The highest BCUT2D eigenvalue weighted by atomic mass is 35.5. The number of hydrogen-bond donors (Lipinski definition) is 1. The molecular formula is C16H18ClNS. The van der Waals surface area contributed by atoms with Gasteiger partial charge in [-0.05, 0) is 55.5 Å². The van der Waals surface area contributed by atoms with Crippen molar-refractivity contribution in [3.8, 4) is 0 Å². The molecule has 1 aromatic carbocycles. The number of hydrogen-bond acceptors (Lipinski definition) is 2. The van der Waals surface area contributed by atoms with Crippen molar-refractivity contribution in [2.45, 2.75) is 32.4 Å². The average Bonchev–Trinajstić information content (AvgIpc) is 3.15. The van der Waals surface area contributed by atoms with Crippen LogP contribution in [0.25, 0.3) is 0 Å². The van der Waals surface area contributed by atoms with Crippen molar-refractivity contribution in [2.75, 3.05) is 0 Å². The third kappa shape index (κ3) is 3.38. The van der Waals surface area contributed by atoms with Gasteiger partial charge in [0.1, 0.15) is 0 Å². The number of aryl methyl sites for hydroxylation is 1. The first kappa shape index (κ1) is 13.2. The summed E-state index contributed by atoms with van der Waals surface area (Å²) in [6.07, 6.45) is 2.67. The topological polar surface area (TPSA) is 12.0 Å². The zero-order chi connectivity index (χ0) is 13.2. The van der Waals surface area contributed by atoms with E-state index < -0.39 is 0 Å². The lowest BCUT2D eigenvalue weighted by Crippen LogP contribution is -2.22. The van der Waals surface area contributed by atoms with Crippen LogP contribution in [0.2, 0.25) is 5.02 Å². The Bertz CT molecular complexity index is 542. The molecule has 0 saturated heterocycles. The molecule has 1 unspecified atom stereocenters. The SMILES string of the molecule is Cc1ccc(CNC(c2ccc(Cl)cc2)C2CC2)s1. The van der Waals surface area contributed by atoms with E-state index >= 15 is 0 Å². The van der Waals surface area contributed by atoms with Gasteiger partial charge in [-0.25, -0.2) is 0 Å². The van der Waals surface area contributed by atoms with E-state index in [4.69, 9.17) is 11.6 Å². The van der Waals surface area contributed by atoms with Gasteiger partial charge in [-0.3, -0.25) is 0 Å². The summed E-state index contributed by atoms with van der Waals surface area (Å²) in [5.41, 5.74) is 1.36. The predicted molar refractivity (Wildman–Crippen MR) is 82.8 cm³/mol. The lowest BCUT2D eigenvalue weighted by atomic mass is 10.0. The highest BCUT2D eigenvalue weighted by molar-refractivity contribution is 7.11. The highest BCUT2D eigenvalue weighted by Gasteiger charge is 2.31. The average molecular weight is 292 g/mol. The Labute approximate surface area is 123 Å². The maximum absolute atomic E-state index is 5.97. The fourth-order valence-corrected chi connectivity index (χ4v) is 3.41. The second kappa shape index (κ2) is 5.66. The molecule has 0 aliphatic heterocycles. The summed E-state index contributed by atoms with van der Waals surface area (Å²) in [5, 5.41) is 4.53. The minimum Gasteiger partial charge on any atom is -0.305 e. The largest absolute Gasteiger partial charge is 0.305 e. The maximum Gasteiger partial charge on any atom is 0.0406 e. The summed E-state index contributed by atoms with van der Waals surface area (Å²) >= 11 is 7.84. The van der Waals surface area contributed by atoms with E-state index in [1.807, 2.05) is 23.5 Å². The van der Waals surface area contributed by atoms with Crippen molar-refractivity contribution in [3.05, 3.63) is 56.7 Å². The predicted octanol–water partition coefficient (Wildman–Crippen LogP) is 4.95. The first-order valence-electron chi connectivity index (χ1n) is 6.76. The Balaban J connectivity index is 1.69. The van der Waals surface area contributed by atoms with Crippen LogP contribution >= 0.6 is 22.9 Å². The summed E-state index contributed by atoms with van der Waals surface area (Å²) in [5.74, 6) is 0.794. The van der Waals surface area contributed by atoms with Crippen LogP contribution < -0.4 is 5.32 Å². The molecule has 1 heterocycles. The Kier molecular flexibility index (Phi) is 3.92. The molecule has 0 spiro atoms. The van der Waals surface area contributed by atoms with Crippen molar-refractivity contribution in [3.63, 3.8) is 0 Å². The van der Waals surface area contributed by atoms with Crippen molar-refractivity contribution < 1.29 is 0 Å². The molecule has 1 nitrogen and oxygen atoms in total. The van der Waals surface area contributed by atoms with Crippen molar-refractivity contribution in [1.82, 2.24) is 5.32 Å². The Morgan fingerprint density at radius 2 is 1.95 bits per heavy atom. The van der Waals surface area contributed by atoms with Crippen LogP contribution in [0.3, 0.4) is 0 Å². The van der Waals surface area contributed by atoms with E-state index in [1.54, 1.807) is 0 Å². The van der Waals surface area contributed by atoms with Gasteiger partial charge in [0.05, 0.1) is 0 Å². The van der Waals surface area contributed by atoms with E-state index in [1.165, 1.54) is 28.2 Å². The summed E-state index contributed by atoms with van der Waals surface area (Å²) in [7, 11) is 0. The molecule has 3 rings (SSSR count). The highest BCUT2D eigenvalue weighted by Crippen LogP contribution is 2.41. The number of nitrogens with one attached hydrogen (secondary N) is 1. The number of halogens is 1. The van der Waals surface area contributed by atoms with Crippen LogP contribution in [-0.2, 0) is 6.54 Å². The van der Waals surface area contributed by atoms with Crippen LogP contribution in [0, 0.1) is 12.8 Å². The molecule has 1 N–H and O–H groups in total. The van der Waals surface area contributed by atoms with E-state index in [2.05, 4.69) is 36.5 Å². The summed E-state index contributed by atoms with van der Waals surface area (Å²) in [6.45, 7) is 3.12. The van der Waals surface area contributed by atoms with Gasteiger partial charge in [0.2, 0.25) is 0 Å². The minimum atomic E-state index is 0.472. The Hall–Kier alpha value is -0.830. The van der Waals surface area contributed by atoms with Crippen molar-refractivity contribution in [2.24, 2.45) is 5.92 Å². The molecule has 1 aliphatic rings. The van der Waals surface area contributed by atoms with E-state index in [-0.39, 0.29) is 0 Å². The molecule has 1 saturated carbocycles. The molecule has 2 aromatic rings. The van der Waals surface area contributed by atoms with Gasteiger partial charge in [0, 0.05) is 27.4 Å². The Morgan fingerprint density at radius 1 is 1.21 bits per heavy atom. The molecule has 0 radical (unpaired) electrons. The van der Waals surface area contributed by atoms with Crippen molar-refractivity contribution >= 4 is 22.9 Å². The summed E-state index contributed by atoms with van der Waals surface area (Å²) in [4.78, 5) is 2.79. The third-order valence-corrected chi connectivity index (χ3v) is 4.87. The standard InChI is InChI=1S/C16H18ClNS/c1-11-2-9-15(19-11)10-18-16(12-3-4-12)13-5-7-14(17)8-6-13/h2,5-9,12,16,18H,3-4,10H2,1H3. The van der Waals surface area contributed by atoms with Gasteiger partial charge < -0.3 is 5.32 Å². The molecule has 1 fully saturated rings. The molecule has 0 amide bonds. The Morgan fingerprint density at radius 3 is 2.53 bits per heavy atom. The molecule has 19 heavy (non-hydrogen) atoms. The zero-order valence-corrected chi connectivity index (χ0v) is 12.6. The van der Waals surface area contributed by atoms with E-state index in [0.29, 0.717) is 6.04 Å². The van der Waals surface area contributed by atoms with Crippen LogP contribution in [0.5, 0.6) is 0 Å². The number of rotatable bonds is 5. The summed E-state index contributed by atoms with van der Waals surface area (Å²) < 4.78 is 0. The fraction of sp³-hybridized carbons (Fsp3) is 0.375.